The Labute approximate surface area is 95.8 Å². The number of halogens is 1. The second kappa shape index (κ2) is 4.86. The Morgan fingerprint density at radius 3 is 3.00 bits per heavy atom. The first-order valence-corrected chi connectivity index (χ1v) is 5.79. The molecule has 0 saturated heterocycles. The third-order valence-corrected chi connectivity index (χ3v) is 3.27. The molecule has 1 unspecified atom stereocenters. The number of alkyl halides is 1. The Kier molecular flexibility index (Phi) is 3.49. The summed E-state index contributed by atoms with van der Waals surface area (Å²) in [6.07, 6.45) is 1.06. The Morgan fingerprint density at radius 2 is 2.27 bits per heavy atom. The molecule has 1 aromatic carbocycles. The van der Waals surface area contributed by atoms with E-state index in [4.69, 9.17) is 16.3 Å². The third-order valence-electron chi connectivity index (χ3n) is 2.91. The van der Waals surface area contributed by atoms with Crippen LogP contribution in [0.5, 0.6) is 0 Å². The van der Waals surface area contributed by atoms with Gasteiger partial charge >= 0.3 is 0 Å². The van der Waals surface area contributed by atoms with E-state index in [9.17, 15) is 0 Å². The second-order valence-electron chi connectivity index (χ2n) is 3.83. The second-order valence-corrected chi connectivity index (χ2v) is 4.14. The monoisotopic (exact) mass is 225 g/mol. The van der Waals surface area contributed by atoms with Crippen molar-refractivity contribution in [2.75, 3.05) is 31.0 Å². The summed E-state index contributed by atoms with van der Waals surface area (Å²) in [6.45, 7) is 1.67. The van der Waals surface area contributed by atoms with Crippen molar-refractivity contribution in [3.05, 3.63) is 29.8 Å². The minimum absolute atomic E-state index is 0.430. The summed E-state index contributed by atoms with van der Waals surface area (Å²) in [5, 5.41) is 0. The van der Waals surface area contributed by atoms with Crippen LogP contribution in [0, 0.1) is 0 Å². The van der Waals surface area contributed by atoms with E-state index in [0.29, 0.717) is 11.9 Å². The number of benzene rings is 1. The fourth-order valence-corrected chi connectivity index (χ4v) is 2.43. The average Bonchev–Trinajstić information content (AvgIpc) is 2.64. The van der Waals surface area contributed by atoms with E-state index in [1.54, 1.807) is 7.11 Å². The number of fused-ring (bicyclic) bond motifs is 1. The smallest absolute Gasteiger partial charge is 0.0637 e. The van der Waals surface area contributed by atoms with Gasteiger partial charge in [-0.2, -0.15) is 0 Å². The Hall–Kier alpha value is -0.730. The molecule has 1 aromatic rings. The zero-order valence-electron chi connectivity index (χ0n) is 8.95. The van der Waals surface area contributed by atoms with E-state index < -0.39 is 0 Å². The summed E-state index contributed by atoms with van der Waals surface area (Å²) in [4.78, 5) is 2.35. The number of para-hydroxylation sites is 1. The molecule has 82 valence electrons. The highest BCUT2D eigenvalue weighted by Gasteiger charge is 2.27. The van der Waals surface area contributed by atoms with Gasteiger partial charge in [0.1, 0.15) is 0 Å². The van der Waals surface area contributed by atoms with Gasteiger partial charge in [-0.15, -0.1) is 11.6 Å². The van der Waals surface area contributed by atoms with Gasteiger partial charge in [-0.3, -0.25) is 0 Å². The lowest BCUT2D eigenvalue weighted by Crippen LogP contribution is -2.35. The molecular weight excluding hydrogens is 210 g/mol. The predicted octanol–water partition coefficient (Wildman–Crippen LogP) is 2.30. The van der Waals surface area contributed by atoms with E-state index in [0.717, 1.165) is 19.6 Å². The van der Waals surface area contributed by atoms with Crippen LogP contribution >= 0.6 is 11.6 Å². The van der Waals surface area contributed by atoms with Crippen molar-refractivity contribution in [3.8, 4) is 0 Å². The predicted molar refractivity (Wildman–Crippen MR) is 63.9 cm³/mol. The molecule has 0 aliphatic carbocycles. The zero-order valence-corrected chi connectivity index (χ0v) is 9.70. The molecule has 0 fully saturated rings. The number of hydrogen-bond acceptors (Lipinski definition) is 2. The average molecular weight is 226 g/mol. The maximum atomic E-state index is 5.99. The van der Waals surface area contributed by atoms with Crippen LogP contribution in [0.25, 0.3) is 0 Å². The van der Waals surface area contributed by atoms with Crippen molar-refractivity contribution in [2.24, 2.45) is 0 Å². The van der Waals surface area contributed by atoms with Crippen LogP contribution in [-0.2, 0) is 11.2 Å². The van der Waals surface area contributed by atoms with Crippen LogP contribution in [0.4, 0.5) is 5.69 Å². The van der Waals surface area contributed by atoms with Gasteiger partial charge in [0.25, 0.3) is 0 Å². The van der Waals surface area contributed by atoms with E-state index in [1.807, 2.05) is 0 Å². The van der Waals surface area contributed by atoms with Crippen molar-refractivity contribution in [1.82, 2.24) is 0 Å². The molecule has 0 spiro atoms. The van der Waals surface area contributed by atoms with E-state index in [1.165, 1.54) is 11.3 Å². The Morgan fingerprint density at radius 1 is 1.47 bits per heavy atom. The van der Waals surface area contributed by atoms with Gasteiger partial charge in [0.05, 0.1) is 6.61 Å². The molecule has 1 aliphatic heterocycles. The van der Waals surface area contributed by atoms with Gasteiger partial charge in [-0.05, 0) is 18.1 Å². The number of hydrogen-bond donors (Lipinski definition) is 0. The molecule has 0 aromatic heterocycles. The van der Waals surface area contributed by atoms with Crippen LogP contribution in [-0.4, -0.2) is 32.2 Å². The van der Waals surface area contributed by atoms with Crippen LogP contribution in [0.3, 0.4) is 0 Å². The van der Waals surface area contributed by atoms with Gasteiger partial charge in [0.2, 0.25) is 0 Å². The molecule has 0 radical (unpaired) electrons. The van der Waals surface area contributed by atoms with Gasteiger partial charge in [0.15, 0.2) is 0 Å². The number of nitrogens with zero attached hydrogens (tertiary/aromatic N) is 1. The number of ether oxygens (including phenoxy) is 1. The van der Waals surface area contributed by atoms with Crippen molar-refractivity contribution in [3.63, 3.8) is 0 Å². The van der Waals surface area contributed by atoms with Crippen LogP contribution in [0.1, 0.15) is 5.56 Å². The molecule has 0 amide bonds. The van der Waals surface area contributed by atoms with Crippen molar-refractivity contribution in [2.45, 2.75) is 12.5 Å². The summed E-state index contributed by atoms with van der Waals surface area (Å²) in [5.74, 6) is 0.679. The van der Waals surface area contributed by atoms with Gasteiger partial charge < -0.3 is 9.64 Å². The minimum Gasteiger partial charge on any atom is -0.383 e. The fourth-order valence-electron chi connectivity index (χ4n) is 2.15. The molecule has 15 heavy (non-hydrogen) atoms. The molecule has 1 aliphatic rings. The molecule has 0 bridgehead atoms. The maximum absolute atomic E-state index is 5.99. The highest BCUT2D eigenvalue weighted by molar-refractivity contribution is 6.18. The number of anilines is 1. The Bertz CT molecular complexity index is 329. The SMILES string of the molecule is COCCN1c2ccccc2CC1CCl. The lowest BCUT2D eigenvalue weighted by Gasteiger charge is -2.25. The third kappa shape index (κ3) is 2.11. The fraction of sp³-hybridized carbons (Fsp3) is 0.500. The highest BCUT2D eigenvalue weighted by Crippen LogP contribution is 2.31. The highest BCUT2D eigenvalue weighted by atomic mass is 35.5. The van der Waals surface area contributed by atoms with Crippen molar-refractivity contribution in [1.29, 1.82) is 0 Å². The van der Waals surface area contributed by atoms with Crippen LogP contribution in [0.15, 0.2) is 24.3 Å². The first kappa shape index (κ1) is 10.8. The molecule has 2 rings (SSSR count). The lowest BCUT2D eigenvalue weighted by atomic mass is 10.1. The molecule has 0 N–H and O–H groups in total. The maximum Gasteiger partial charge on any atom is 0.0637 e. The van der Waals surface area contributed by atoms with E-state index in [2.05, 4.69) is 29.2 Å². The lowest BCUT2D eigenvalue weighted by molar-refractivity contribution is 0.204. The summed E-state index contributed by atoms with van der Waals surface area (Å²) < 4.78 is 5.13. The zero-order chi connectivity index (χ0) is 10.7. The molecule has 0 saturated carbocycles. The van der Waals surface area contributed by atoms with Crippen LogP contribution in [0.2, 0.25) is 0 Å². The molecular formula is C12H16ClNO. The normalized spacial score (nSPS) is 19.3. The summed E-state index contributed by atoms with van der Waals surface area (Å²) in [7, 11) is 1.73. The first-order valence-electron chi connectivity index (χ1n) is 5.26. The largest absolute Gasteiger partial charge is 0.383 e. The van der Waals surface area contributed by atoms with E-state index >= 15 is 0 Å². The molecule has 1 atom stereocenters. The Balaban J connectivity index is 2.18. The molecule has 3 heteroatoms. The van der Waals surface area contributed by atoms with Crippen LogP contribution < -0.4 is 4.90 Å². The van der Waals surface area contributed by atoms with Gasteiger partial charge in [-0.1, -0.05) is 18.2 Å². The van der Waals surface area contributed by atoms with E-state index in [-0.39, 0.29) is 0 Å². The summed E-state index contributed by atoms with van der Waals surface area (Å²) in [5.41, 5.74) is 2.72. The topological polar surface area (TPSA) is 12.5 Å². The molecule has 1 heterocycles. The van der Waals surface area contributed by atoms with Gasteiger partial charge in [0, 0.05) is 31.3 Å². The number of rotatable bonds is 4. The summed E-state index contributed by atoms with van der Waals surface area (Å²) in [6, 6.07) is 8.94. The number of methoxy groups -OCH3 is 1. The van der Waals surface area contributed by atoms with Crippen molar-refractivity contribution < 1.29 is 4.74 Å². The first-order chi connectivity index (χ1) is 7.36. The standard InChI is InChI=1S/C12H16ClNO/c1-15-7-6-14-11(9-13)8-10-4-2-3-5-12(10)14/h2-5,11H,6-9H2,1H3. The summed E-state index contributed by atoms with van der Waals surface area (Å²) >= 11 is 5.99. The quantitative estimate of drug-likeness (QED) is 0.730. The minimum atomic E-state index is 0.430. The molecule has 2 nitrogen and oxygen atoms in total. The van der Waals surface area contributed by atoms with Crippen molar-refractivity contribution >= 4 is 17.3 Å². The van der Waals surface area contributed by atoms with Gasteiger partial charge in [-0.25, -0.2) is 0 Å².